The average Bonchev–Trinajstić information content (AvgIpc) is 3.15. The summed E-state index contributed by atoms with van der Waals surface area (Å²) in [6.07, 6.45) is 0. The summed E-state index contributed by atoms with van der Waals surface area (Å²) < 4.78 is 26.0. The van der Waals surface area contributed by atoms with E-state index in [1.807, 2.05) is 0 Å². The zero-order valence-electron chi connectivity index (χ0n) is 20.7. The third-order valence-electron chi connectivity index (χ3n) is 7.35. The second-order valence-electron chi connectivity index (χ2n) is 9.82. The van der Waals surface area contributed by atoms with Crippen molar-refractivity contribution in [2.45, 2.75) is 36.7 Å². The SMILES string of the molecule is O=C1NC(=O)C(O)(O)C2(O)OOC3(O)c4c(OCc5ccc(CN6CCOCC6)cc5F)cccc4C(=O)N3C12. The number of benzene rings is 2. The maximum absolute atomic E-state index is 14.9. The van der Waals surface area contributed by atoms with Gasteiger partial charge in [-0.25, -0.2) is 4.39 Å². The van der Waals surface area contributed by atoms with Crippen molar-refractivity contribution in [2.24, 2.45) is 0 Å². The largest absolute Gasteiger partial charge is 0.488 e. The van der Waals surface area contributed by atoms with Crippen LogP contribution in [0.3, 0.4) is 0 Å². The molecule has 5 N–H and O–H groups in total. The number of aliphatic hydroxyl groups is 4. The number of carbonyl (C=O) groups is 3. The van der Waals surface area contributed by atoms with Crippen LogP contribution in [0.2, 0.25) is 0 Å². The summed E-state index contributed by atoms with van der Waals surface area (Å²) in [6.45, 7) is 2.92. The molecule has 40 heavy (non-hydrogen) atoms. The second kappa shape index (κ2) is 9.25. The van der Waals surface area contributed by atoms with Gasteiger partial charge in [-0.3, -0.25) is 29.5 Å². The van der Waals surface area contributed by atoms with Crippen LogP contribution in [0, 0.1) is 5.82 Å². The predicted molar refractivity (Wildman–Crippen MR) is 125 cm³/mol. The Morgan fingerprint density at radius 3 is 2.52 bits per heavy atom. The molecule has 0 bridgehead atoms. The van der Waals surface area contributed by atoms with Crippen molar-refractivity contribution in [1.29, 1.82) is 0 Å². The number of fused-ring (bicyclic) bond motifs is 5. The van der Waals surface area contributed by atoms with Crippen LogP contribution < -0.4 is 10.1 Å². The first kappa shape index (κ1) is 26.7. The third-order valence-corrected chi connectivity index (χ3v) is 7.35. The van der Waals surface area contributed by atoms with E-state index in [2.05, 4.69) is 9.79 Å². The lowest BCUT2D eigenvalue weighted by Crippen LogP contribution is -2.83. The number of halogens is 1. The van der Waals surface area contributed by atoms with E-state index in [0.717, 1.165) is 18.7 Å². The van der Waals surface area contributed by atoms with E-state index in [9.17, 15) is 39.2 Å². The van der Waals surface area contributed by atoms with Gasteiger partial charge < -0.3 is 29.9 Å². The molecule has 2 aromatic rings. The quantitative estimate of drug-likeness (QED) is 0.156. The highest BCUT2D eigenvalue weighted by molar-refractivity contribution is 6.09. The molecule has 0 aromatic heterocycles. The Morgan fingerprint density at radius 2 is 1.80 bits per heavy atom. The van der Waals surface area contributed by atoms with E-state index in [0.29, 0.717) is 24.7 Å². The summed E-state index contributed by atoms with van der Waals surface area (Å²) in [6, 6.07) is 6.32. The van der Waals surface area contributed by atoms with E-state index >= 15 is 0 Å². The number of carbonyl (C=O) groups excluding carboxylic acids is 3. The second-order valence-corrected chi connectivity index (χ2v) is 9.82. The maximum Gasteiger partial charge on any atom is 0.314 e. The first-order chi connectivity index (χ1) is 19.0. The molecule has 212 valence electrons. The van der Waals surface area contributed by atoms with Crippen LogP contribution in [0.1, 0.15) is 27.0 Å². The molecular weight excluding hydrogens is 537 g/mol. The molecular formula is C25H24FN3O11. The summed E-state index contributed by atoms with van der Waals surface area (Å²) in [4.78, 5) is 49.9. The molecule has 2 aromatic carbocycles. The summed E-state index contributed by atoms with van der Waals surface area (Å²) in [5.74, 6) is -15.1. The highest BCUT2D eigenvalue weighted by atomic mass is 19.1. The van der Waals surface area contributed by atoms with Gasteiger partial charge in [-0.05, 0) is 23.8 Å². The molecule has 0 aliphatic carbocycles. The molecule has 3 amide bonds. The first-order valence-corrected chi connectivity index (χ1v) is 12.3. The van der Waals surface area contributed by atoms with E-state index in [4.69, 9.17) is 14.4 Å². The molecule has 3 unspecified atom stereocenters. The van der Waals surface area contributed by atoms with Gasteiger partial charge in [-0.1, -0.05) is 18.2 Å². The molecule has 3 saturated heterocycles. The summed E-state index contributed by atoms with van der Waals surface area (Å²) in [5.41, 5.74) is 0.327. The molecule has 4 aliphatic heterocycles. The van der Waals surface area contributed by atoms with Crippen LogP contribution in [0.25, 0.3) is 0 Å². The van der Waals surface area contributed by atoms with Crippen molar-refractivity contribution >= 4 is 17.7 Å². The van der Waals surface area contributed by atoms with Crippen LogP contribution >= 0.6 is 0 Å². The normalized spacial score (nSPS) is 29.5. The molecule has 3 fully saturated rings. The van der Waals surface area contributed by atoms with Crippen molar-refractivity contribution in [3.63, 3.8) is 0 Å². The van der Waals surface area contributed by atoms with Gasteiger partial charge in [0.05, 0.1) is 24.3 Å². The Balaban J connectivity index is 1.27. The topological polar surface area (TPSA) is 188 Å². The fraction of sp³-hybridized carbons (Fsp3) is 0.400. The van der Waals surface area contributed by atoms with Gasteiger partial charge in [0.15, 0.2) is 6.04 Å². The number of imide groups is 1. The van der Waals surface area contributed by atoms with Crippen molar-refractivity contribution in [2.75, 3.05) is 26.3 Å². The van der Waals surface area contributed by atoms with E-state index in [1.165, 1.54) is 24.3 Å². The highest BCUT2D eigenvalue weighted by Gasteiger charge is 2.76. The molecule has 4 aliphatic rings. The fourth-order valence-corrected chi connectivity index (χ4v) is 5.22. The molecule has 3 atom stereocenters. The Bertz CT molecular complexity index is 1410. The minimum atomic E-state index is -3.74. The number of nitrogens with zero attached hydrogens (tertiary/aromatic N) is 2. The van der Waals surface area contributed by atoms with Crippen LogP contribution in [0.15, 0.2) is 36.4 Å². The predicted octanol–water partition coefficient (Wildman–Crippen LogP) is -1.85. The van der Waals surface area contributed by atoms with Crippen molar-refractivity contribution in [3.05, 3.63) is 64.5 Å². The summed E-state index contributed by atoms with van der Waals surface area (Å²) in [7, 11) is 0. The molecule has 14 nitrogen and oxygen atoms in total. The molecule has 0 saturated carbocycles. The number of rotatable bonds is 5. The van der Waals surface area contributed by atoms with Crippen molar-refractivity contribution in [1.82, 2.24) is 15.1 Å². The van der Waals surface area contributed by atoms with Gasteiger partial charge in [0, 0.05) is 25.2 Å². The number of nitrogens with one attached hydrogen (secondary N) is 1. The molecule has 15 heteroatoms. The third kappa shape index (κ3) is 3.82. The minimum absolute atomic E-state index is 0.159. The Kier molecular flexibility index (Phi) is 6.17. The maximum atomic E-state index is 14.9. The van der Waals surface area contributed by atoms with Gasteiger partial charge in [-0.15, -0.1) is 0 Å². The summed E-state index contributed by atoms with van der Waals surface area (Å²) >= 11 is 0. The number of hydrogen-bond donors (Lipinski definition) is 5. The Morgan fingerprint density at radius 1 is 1.05 bits per heavy atom. The van der Waals surface area contributed by atoms with Gasteiger partial charge in [0.2, 0.25) is 0 Å². The lowest BCUT2D eigenvalue weighted by atomic mass is 9.89. The van der Waals surface area contributed by atoms with Crippen LogP contribution in [-0.2, 0) is 43.2 Å². The van der Waals surface area contributed by atoms with Gasteiger partial charge in [0.25, 0.3) is 23.5 Å². The monoisotopic (exact) mass is 561 g/mol. The smallest absolute Gasteiger partial charge is 0.314 e. The van der Waals surface area contributed by atoms with Crippen molar-refractivity contribution in [3.8, 4) is 5.75 Å². The number of morpholine rings is 1. The van der Waals surface area contributed by atoms with Gasteiger partial charge >= 0.3 is 11.7 Å². The fourth-order valence-electron chi connectivity index (χ4n) is 5.22. The minimum Gasteiger partial charge on any atom is -0.488 e. The number of amides is 3. The van der Waals surface area contributed by atoms with Crippen molar-refractivity contribution < 1.29 is 58.4 Å². The Labute approximate surface area is 224 Å². The molecule has 4 heterocycles. The number of piperidine rings is 1. The standard InChI is InChI=1S/C25H24FN3O11/c26-16-10-13(11-28-6-8-37-9-7-28)4-5-14(16)12-38-17-3-1-2-15-18(17)25(36)29(21(15)31)19-20(30)27-22(32)23(33,34)24(19,35)39-40-25/h1-5,10,19,33-36H,6-9,11-12H2,(H,27,30,32). The lowest BCUT2D eigenvalue weighted by molar-refractivity contribution is -0.589. The average molecular weight is 561 g/mol. The van der Waals surface area contributed by atoms with E-state index in [-0.39, 0.29) is 29.0 Å². The van der Waals surface area contributed by atoms with Crippen LogP contribution in [-0.4, -0.2) is 91.9 Å². The first-order valence-electron chi connectivity index (χ1n) is 12.3. The van der Waals surface area contributed by atoms with Gasteiger partial charge in [-0.2, -0.15) is 9.78 Å². The zero-order chi connectivity index (χ0) is 28.4. The Hall–Kier alpha value is -3.54. The van der Waals surface area contributed by atoms with Crippen LogP contribution in [0.5, 0.6) is 5.75 Å². The summed E-state index contributed by atoms with van der Waals surface area (Å²) in [5, 5.41) is 44.2. The molecule has 0 spiro atoms. The number of hydrogen-bond acceptors (Lipinski definition) is 12. The zero-order valence-corrected chi connectivity index (χ0v) is 20.7. The van der Waals surface area contributed by atoms with Crippen LogP contribution in [0.4, 0.5) is 4.39 Å². The highest BCUT2D eigenvalue weighted by Crippen LogP contribution is 2.51. The molecule has 0 radical (unpaired) electrons. The number of ether oxygens (including phenoxy) is 2. The van der Waals surface area contributed by atoms with Gasteiger partial charge in [0.1, 0.15) is 18.2 Å². The van der Waals surface area contributed by atoms with E-state index in [1.54, 1.807) is 17.4 Å². The van der Waals surface area contributed by atoms with E-state index < -0.39 is 47.1 Å². The molecule has 6 rings (SSSR count). The lowest BCUT2D eigenvalue weighted by Gasteiger charge is -2.53.